The lowest BCUT2D eigenvalue weighted by Gasteiger charge is -2.08. The molecule has 1 aromatic rings. The fraction of sp³-hybridized carbons (Fsp3) is 0.636. The van der Waals surface area contributed by atoms with E-state index in [0.717, 1.165) is 24.2 Å². The van der Waals surface area contributed by atoms with E-state index in [4.69, 9.17) is 17.3 Å². The van der Waals surface area contributed by atoms with E-state index >= 15 is 0 Å². The van der Waals surface area contributed by atoms with Gasteiger partial charge in [0.15, 0.2) is 5.78 Å². The summed E-state index contributed by atoms with van der Waals surface area (Å²) < 4.78 is 1.78. The van der Waals surface area contributed by atoms with Crippen molar-refractivity contribution in [2.75, 3.05) is 0 Å². The predicted molar refractivity (Wildman–Crippen MR) is 62.5 cm³/mol. The summed E-state index contributed by atoms with van der Waals surface area (Å²) in [5, 5.41) is 4.87. The molecule has 0 bridgehead atoms. The molecule has 2 N–H and O–H groups in total. The molecule has 16 heavy (non-hydrogen) atoms. The Labute approximate surface area is 99.8 Å². The zero-order valence-electron chi connectivity index (χ0n) is 9.59. The molecule has 88 valence electrons. The molecule has 1 aliphatic rings. The Morgan fingerprint density at radius 2 is 2.25 bits per heavy atom. The summed E-state index contributed by atoms with van der Waals surface area (Å²) in [6.45, 7) is 4.54. The van der Waals surface area contributed by atoms with Crippen LogP contribution in [0.1, 0.15) is 31.2 Å². The lowest BCUT2D eigenvalue weighted by atomic mass is 10.1. The SMILES string of the molecule is CCn1nc(C)c(Cl)c1CC(=O)C1(N)CC1. The standard InChI is InChI=1S/C11H16ClN3O/c1-3-15-8(10(12)7(2)14-15)6-9(16)11(13)4-5-11/h3-6,13H2,1-2H3. The summed E-state index contributed by atoms with van der Waals surface area (Å²) >= 11 is 6.13. The van der Waals surface area contributed by atoms with E-state index in [1.54, 1.807) is 4.68 Å². The average molecular weight is 242 g/mol. The summed E-state index contributed by atoms with van der Waals surface area (Å²) in [7, 11) is 0. The number of Topliss-reactive ketones (excluding diaryl/α,β-unsaturated/α-hetero) is 1. The number of hydrogen-bond acceptors (Lipinski definition) is 3. The molecule has 1 aliphatic carbocycles. The lowest BCUT2D eigenvalue weighted by Crippen LogP contribution is -2.34. The molecule has 5 heteroatoms. The highest BCUT2D eigenvalue weighted by Gasteiger charge is 2.45. The highest BCUT2D eigenvalue weighted by Crippen LogP contribution is 2.35. The van der Waals surface area contributed by atoms with Gasteiger partial charge in [0.1, 0.15) is 0 Å². The molecule has 1 saturated carbocycles. The minimum Gasteiger partial charge on any atom is -0.319 e. The monoisotopic (exact) mass is 241 g/mol. The quantitative estimate of drug-likeness (QED) is 0.868. The van der Waals surface area contributed by atoms with Crippen LogP contribution in [0.2, 0.25) is 5.02 Å². The average Bonchev–Trinajstić information content (AvgIpc) is 2.95. The van der Waals surface area contributed by atoms with Crippen LogP contribution in [0.25, 0.3) is 0 Å². The van der Waals surface area contributed by atoms with Gasteiger partial charge in [-0.25, -0.2) is 0 Å². The molecule has 0 aromatic carbocycles. The smallest absolute Gasteiger partial charge is 0.158 e. The van der Waals surface area contributed by atoms with Crippen molar-refractivity contribution in [3.05, 3.63) is 16.4 Å². The van der Waals surface area contributed by atoms with E-state index in [0.29, 0.717) is 18.0 Å². The zero-order chi connectivity index (χ0) is 11.9. The second kappa shape index (κ2) is 3.86. The van der Waals surface area contributed by atoms with Crippen LogP contribution in [0.5, 0.6) is 0 Å². The van der Waals surface area contributed by atoms with Crippen LogP contribution >= 0.6 is 11.6 Å². The predicted octanol–water partition coefficient (Wildman–Crippen LogP) is 1.47. The van der Waals surface area contributed by atoms with Crippen LogP contribution in [-0.4, -0.2) is 21.1 Å². The third-order valence-corrected chi connectivity index (χ3v) is 3.62. The Morgan fingerprint density at radius 3 is 2.75 bits per heavy atom. The fourth-order valence-electron chi connectivity index (χ4n) is 1.78. The molecule has 0 unspecified atom stereocenters. The molecule has 4 nitrogen and oxygen atoms in total. The number of ketones is 1. The number of rotatable bonds is 4. The number of aromatic nitrogens is 2. The van der Waals surface area contributed by atoms with Crippen LogP contribution in [0.15, 0.2) is 0 Å². The molecule has 0 spiro atoms. The maximum atomic E-state index is 11.9. The van der Waals surface area contributed by atoms with Gasteiger partial charge in [0, 0.05) is 6.54 Å². The Bertz CT molecular complexity index is 435. The Kier molecular flexibility index (Phi) is 2.80. The molecule has 0 saturated heterocycles. The normalized spacial score (nSPS) is 17.5. The molecular formula is C11H16ClN3O. The third kappa shape index (κ3) is 1.87. The van der Waals surface area contributed by atoms with E-state index in [-0.39, 0.29) is 5.78 Å². The van der Waals surface area contributed by atoms with Gasteiger partial charge in [-0.3, -0.25) is 9.48 Å². The van der Waals surface area contributed by atoms with Gasteiger partial charge in [0.2, 0.25) is 0 Å². The number of hydrogen-bond donors (Lipinski definition) is 1. The van der Waals surface area contributed by atoms with Crippen molar-refractivity contribution in [2.24, 2.45) is 5.73 Å². The van der Waals surface area contributed by atoms with Gasteiger partial charge in [-0.15, -0.1) is 0 Å². The number of nitrogens with zero attached hydrogens (tertiary/aromatic N) is 2. The molecular weight excluding hydrogens is 226 g/mol. The summed E-state index contributed by atoms with van der Waals surface area (Å²) in [4.78, 5) is 11.9. The van der Waals surface area contributed by atoms with Gasteiger partial charge in [-0.2, -0.15) is 5.10 Å². The van der Waals surface area contributed by atoms with Crippen molar-refractivity contribution in [3.8, 4) is 0 Å². The van der Waals surface area contributed by atoms with Crippen LogP contribution in [0, 0.1) is 6.92 Å². The van der Waals surface area contributed by atoms with E-state index in [1.165, 1.54) is 0 Å². The van der Waals surface area contributed by atoms with Crippen molar-refractivity contribution in [1.82, 2.24) is 9.78 Å². The van der Waals surface area contributed by atoms with Crippen LogP contribution in [0.4, 0.5) is 0 Å². The summed E-state index contributed by atoms with van der Waals surface area (Å²) in [6.07, 6.45) is 1.88. The van der Waals surface area contributed by atoms with Crippen molar-refractivity contribution in [2.45, 2.75) is 45.2 Å². The first-order chi connectivity index (χ1) is 7.48. The second-order valence-corrected chi connectivity index (χ2v) is 4.80. The molecule has 1 fully saturated rings. The van der Waals surface area contributed by atoms with Crippen molar-refractivity contribution in [1.29, 1.82) is 0 Å². The van der Waals surface area contributed by atoms with Crippen LogP contribution in [0.3, 0.4) is 0 Å². The van der Waals surface area contributed by atoms with Crippen molar-refractivity contribution in [3.63, 3.8) is 0 Å². The molecule has 1 heterocycles. The van der Waals surface area contributed by atoms with E-state index in [9.17, 15) is 4.79 Å². The second-order valence-electron chi connectivity index (χ2n) is 4.42. The molecule has 0 radical (unpaired) electrons. The highest BCUT2D eigenvalue weighted by atomic mass is 35.5. The van der Waals surface area contributed by atoms with E-state index in [2.05, 4.69) is 5.10 Å². The number of carbonyl (C=O) groups excluding carboxylic acids is 1. The minimum atomic E-state index is -0.583. The first-order valence-corrected chi connectivity index (χ1v) is 5.89. The summed E-state index contributed by atoms with van der Waals surface area (Å²) in [6, 6.07) is 0. The number of halogens is 1. The topological polar surface area (TPSA) is 60.9 Å². The fourth-order valence-corrected chi connectivity index (χ4v) is 1.98. The summed E-state index contributed by atoms with van der Waals surface area (Å²) in [5.74, 6) is 0.0731. The van der Waals surface area contributed by atoms with E-state index in [1.807, 2.05) is 13.8 Å². The van der Waals surface area contributed by atoms with Gasteiger partial charge in [-0.05, 0) is 26.7 Å². The maximum Gasteiger partial charge on any atom is 0.158 e. The number of aryl methyl sites for hydroxylation is 2. The molecule has 1 aromatic heterocycles. The summed E-state index contributed by atoms with van der Waals surface area (Å²) in [5.41, 5.74) is 6.85. The highest BCUT2D eigenvalue weighted by molar-refractivity contribution is 6.32. The molecule has 2 rings (SSSR count). The van der Waals surface area contributed by atoms with Crippen LogP contribution in [-0.2, 0) is 17.8 Å². The molecule has 0 atom stereocenters. The number of nitrogens with two attached hydrogens (primary N) is 1. The van der Waals surface area contributed by atoms with Crippen molar-refractivity contribution >= 4 is 17.4 Å². The first kappa shape index (κ1) is 11.6. The first-order valence-electron chi connectivity index (χ1n) is 5.52. The largest absolute Gasteiger partial charge is 0.319 e. The minimum absolute atomic E-state index is 0.0731. The zero-order valence-corrected chi connectivity index (χ0v) is 10.3. The lowest BCUT2D eigenvalue weighted by molar-refractivity contribution is -0.120. The van der Waals surface area contributed by atoms with Gasteiger partial charge >= 0.3 is 0 Å². The Balaban J connectivity index is 2.23. The molecule has 0 aliphatic heterocycles. The third-order valence-electron chi connectivity index (χ3n) is 3.12. The van der Waals surface area contributed by atoms with Gasteiger partial charge in [0.25, 0.3) is 0 Å². The van der Waals surface area contributed by atoms with E-state index < -0.39 is 5.54 Å². The van der Waals surface area contributed by atoms with Crippen molar-refractivity contribution < 1.29 is 4.79 Å². The Hall–Kier alpha value is -0.870. The van der Waals surface area contributed by atoms with Gasteiger partial charge in [-0.1, -0.05) is 11.6 Å². The molecule has 0 amide bonds. The van der Waals surface area contributed by atoms with Gasteiger partial charge < -0.3 is 5.73 Å². The Morgan fingerprint density at radius 1 is 1.62 bits per heavy atom. The van der Waals surface area contributed by atoms with Gasteiger partial charge in [0.05, 0.1) is 28.4 Å². The number of carbonyl (C=O) groups is 1. The maximum absolute atomic E-state index is 11.9. The van der Waals surface area contributed by atoms with Crippen LogP contribution < -0.4 is 5.73 Å².